The predicted molar refractivity (Wildman–Crippen MR) is 75.4 cm³/mol. The molecular weight excluding hydrogens is 278 g/mol. The number of Topliss-reactive ketones (excluding diaryl/α,β-unsaturated/α-hetero) is 1. The standard InChI is InChI=1S/C14H20BrNO/c1-10(2)11(3)16(4)9-14(17)12-6-5-7-13(15)8-12/h5-8,10-11H,9H2,1-4H3. The molecule has 1 aromatic rings. The molecule has 0 radical (unpaired) electrons. The van der Waals surface area contributed by atoms with E-state index in [-0.39, 0.29) is 5.78 Å². The van der Waals surface area contributed by atoms with Crippen LogP contribution < -0.4 is 0 Å². The first-order chi connectivity index (χ1) is 7.91. The molecule has 0 spiro atoms. The Kier molecular flexibility index (Phi) is 5.34. The highest BCUT2D eigenvalue weighted by Gasteiger charge is 2.16. The van der Waals surface area contributed by atoms with E-state index in [2.05, 4.69) is 41.6 Å². The summed E-state index contributed by atoms with van der Waals surface area (Å²) in [6.45, 7) is 6.96. The SMILES string of the molecule is CC(C)C(C)N(C)CC(=O)c1cccc(Br)c1. The molecule has 1 unspecified atom stereocenters. The number of benzene rings is 1. The number of rotatable bonds is 5. The molecule has 0 saturated heterocycles. The van der Waals surface area contributed by atoms with Crippen molar-refractivity contribution in [2.24, 2.45) is 5.92 Å². The van der Waals surface area contributed by atoms with Crippen molar-refractivity contribution >= 4 is 21.7 Å². The lowest BCUT2D eigenvalue weighted by Gasteiger charge is -2.27. The topological polar surface area (TPSA) is 20.3 Å². The molecule has 1 atom stereocenters. The maximum absolute atomic E-state index is 12.1. The molecule has 94 valence electrons. The molecule has 2 nitrogen and oxygen atoms in total. The van der Waals surface area contributed by atoms with Crippen molar-refractivity contribution in [3.8, 4) is 0 Å². The van der Waals surface area contributed by atoms with Gasteiger partial charge in [-0.1, -0.05) is 41.9 Å². The fourth-order valence-electron chi connectivity index (χ4n) is 1.63. The summed E-state index contributed by atoms with van der Waals surface area (Å²) in [5.41, 5.74) is 0.766. The fourth-order valence-corrected chi connectivity index (χ4v) is 2.03. The molecule has 0 amide bonds. The molecule has 0 saturated carbocycles. The van der Waals surface area contributed by atoms with Crippen molar-refractivity contribution < 1.29 is 4.79 Å². The van der Waals surface area contributed by atoms with E-state index in [1.165, 1.54) is 0 Å². The number of halogens is 1. The summed E-state index contributed by atoms with van der Waals surface area (Å²) in [5, 5.41) is 0. The van der Waals surface area contributed by atoms with Gasteiger partial charge in [-0.05, 0) is 32.0 Å². The number of hydrogen-bond donors (Lipinski definition) is 0. The molecule has 17 heavy (non-hydrogen) atoms. The Morgan fingerprint density at radius 2 is 2.00 bits per heavy atom. The molecule has 1 aromatic carbocycles. The number of hydrogen-bond acceptors (Lipinski definition) is 2. The average Bonchev–Trinajstić information content (AvgIpc) is 2.27. The largest absolute Gasteiger partial charge is 0.296 e. The van der Waals surface area contributed by atoms with Gasteiger partial charge >= 0.3 is 0 Å². The normalized spacial score (nSPS) is 13.1. The van der Waals surface area contributed by atoms with Crippen LogP contribution in [0.1, 0.15) is 31.1 Å². The molecule has 0 fully saturated rings. The summed E-state index contributed by atoms with van der Waals surface area (Å²) in [6.07, 6.45) is 0. The van der Waals surface area contributed by atoms with Crippen LogP contribution >= 0.6 is 15.9 Å². The van der Waals surface area contributed by atoms with E-state index in [9.17, 15) is 4.79 Å². The van der Waals surface area contributed by atoms with E-state index in [4.69, 9.17) is 0 Å². The molecule has 0 bridgehead atoms. The van der Waals surface area contributed by atoms with Gasteiger partial charge in [-0.3, -0.25) is 9.69 Å². The predicted octanol–water partition coefficient (Wildman–Crippen LogP) is 3.61. The van der Waals surface area contributed by atoms with Crippen LogP contribution in [0.3, 0.4) is 0 Å². The number of carbonyl (C=O) groups excluding carboxylic acids is 1. The first-order valence-electron chi connectivity index (χ1n) is 5.91. The van der Waals surface area contributed by atoms with Gasteiger partial charge in [0.2, 0.25) is 0 Å². The Bertz CT molecular complexity index is 390. The third-order valence-electron chi connectivity index (χ3n) is 3.20. The van der Waals surface area contributed by atoms with E-state index >= 15 is 0 Å². The van der Waals surface area contributed by atoms with Gasteiger partial charge in [0.05, 0.1) is 6.54 Å². The van der Waals surface area contributed by atoms with Crippen molar-refractivity contribution in [3.05, 3.63) is 34.3 Å². The van der Waals surface area contributed by atoms with Crippen molar-refractivity contribution in [1.82, 2.24) is 4.90 Å². The van der Waals surface area contributed by atoms with E-state index in [1.807, 2.05) is 31.3 Å². The zero-order valence-corrected chi connectivity index (χ0v) is 12.5. The second-order valence-corrected chi connectivity index (χ2v) is 5.75. The van der Waals surface area contributed by atoms with Crippen molar-refractivity contribution in [3.63, 3.8) is 0 Å². The molecular formula is C14H20BrNO. The van der Waals surface area contributed by atoms with Gasteiger partial charge < -0.3 is 0 Å². The summed E-state index contributed by atoms with van der Waals surface area (Å²) < 4.78 is 0.947. The van der Waals surface area contributed by atoms with Crippen LogP contribution in [-0.2, 0) is 0 Å². The van der Waals surface area contributed by atoms with Crippen molar-refractivity contribution in [1.29, 1.82) is 0 Å². The monoisotopic (exact) mass is 297 g/mol. The lowest BCUT2D eigenvalue weighted by molar-refractivity contribution is 0.0907. The van der Waals surface area contributed by atoms with E-state index in [1.54, 1.807) is 0 Å². The summed E-state index contributed by atoms with van der Waals surface area (Å²) in [6, 6.07) is 7.96. The molecule has 0 aliphatic heterocycles. The number of likely N-dealkylation sites (N-methyl/N-ethyl adjacent to an activating group) is 1. The maximum Gasteiger partial charge on any atom is 0.176 e. The van der Waals surface area contributed by atoms with Gasteiger partial charge in [-0.25, -0.2) is 0 Å². The minimum atomic E-state index is 0.168. The first-order valence-corrected chi connectivity index (χ1v) is 6.70. The van der Waals surface area contributed by atoms with Gasteiger partial charge in [0.25, 0.3) is 0 Å². The number of ketones is 1. The molecule has 0 aliphatic rings. The third kappa shape index (κ3) is 4.25. The minimum absolute atomic E-state index is 0.168. The first kappa shape index (κ1) is 14.4. The van der Waals surface area contributed by atoms with Gasteiger partial charge in [0, 0.05) is 16.1 Å². The molecule has 0 heterocycles. The Morgan fingerprint density at radius 3 is 2.53 bits per heavy atom. The third-order valence-corrected chi connectivity index (χ3v) is 3.69. The maximum atomic E-state index is 12.1. The van der Waals surface area contributed by atoms with Crippen LogP contribution in [0.2, 0.25) is 0 Å². The van der Waals surface area contributed by atoms with Gasteiger partial charge in [-0.2, -0.15) is 0 Å². The Balaban J connectivity index is 2.67. The summed E-state index contributed by atoms with van der Waals surface area (Å²) in [4.78, 5) is 14.2. The number of carbonyl (C=O) groups is 1. The zero-order chi connectivity index (χ0) is 13.0. The summed E-state index contributed by atoms with van der Waals surface area (Å²) in [5.74, 6) is 0.719. The van der Waals surface area contributed by atoms with Crippen LogP contribution in [-0.4, -0.2) is 30.3 Å². The molecule has 1 rings (SSSR count). The second kappa shape index (κ2) is 6.31. The van der Waals surface area contributed by atoms with E-state index < -0.39 is 0 Å². The number of nitrogens with zero attached hydrogens (tertiary/aromatic N) is 1. The van der Waals surface area contributed by atoms with Crippen molar-refractivity contribution in [2.45, 2.75) is 26.8 Å². The van der Waals surface area contributed by atoms with Crippen LogP contribution in [0.15, 0.2) is 28.7 Å². The highest BCUT2D eigenvalue weighted by molar-refractivity contribution is 9.10. The second-order valence-electron chi connectivity index (χ2n) is 4.83. The Morgan fingerprint density at radius 1 is 1.35 bits per heavy atom. The van der Waals surface area contributed by atoms with Crippen molar-refractivity contribution in [2.75, 3.05) is 13.6 Å². The quantitative estimate of drug-likeness (QED) is 0.774. The highest BCUT2D eigenvalue weighted by atomic mass is 79.9. The van der Waals surface area contributed by atoms with Gasteiger partial charge in [0.15, 0.2) is 5.78 Å². The summed E-state index contributed by atoms with van der Waals surface area (Å²) >= 11 is 3.38. The lowest BCUT2D eigenvalue weighted by atomic mass is 10.0. The Hall–Kier alpha value is -0.670. The van der Waals surface area contributed by atoms with Gasteiger partial charge in [0.1, 0.15) is 0 Å². The van der Waals surface area contributed by atoms with Crippen LogP contribution in [0, 0.1) is 5.92 Å². The Labute approximate surface area is 112 Å². The lowest BCUT2D eigenvalue weighted by Crippen LogP contribution is -2.37. The van der Waals surface area contributed by atoms with E-state index in [0.29, 0.717) is 18.5 Å². The highest BCUT2D eigenvalue weighted by Crippen LogP contribution is 2.14. The smallest absolute Gasteiger partial charge is 0.176 e. The van der Waals surface area contributed by atoms with Crippen LogP contribution in [0.5, 0.6) is 0 Å². The molecule has 0 aromatic heterocycles. The minimum Gasteiger partial charge on any atom is -0.296 e. The van der Waals surface area contributed by atoms with Gasteiger partial charge in [-0.15, -0.1) is 0 Å². The molecule has 3 heteroatoms. The zero-order valence-electron chi connectivity index (χ0n) is 10.9. The molecule has 0 N–H and O–H groups in total. The molecule has 0 aliphatic carbocycles. The fraction of sp³-hybridized carbons (Fsp3) is 0.500. The summed E-state index contributed by atoms with van der Waals surface area (Å²) in [7, 11) is 2.00. The van der Waals surface area contributed by atoms with Crippen LogP contribution in [0.4, 0.5) is 0 Å². The average molecular weight is 298 g/mol. The van der Waals surface area contributed by atoms with E-state index in [0.717, 1.165) is 10.0 Å². The van der Waals surface area contributed by atoms with Crippen LogP contribution in [0.25, 0.3) is 0 Å².